The van der Waals surface area contributed by atoms with E-state index in [1.54, 1.807) is 0 Å². The van der Waals surface area contributed by atoms with Crippen molar-refractivity contribution in [1.29, 1.82) is 0 Å². The lowest BCUT2D eigenvalue weighted by atomic mass is 9.82. The topological polar surface area (TPSA) is 92.2 Å². The summed E-state index contributed by atoms with van der Waals surface area (Å²) in [7, 11) is 0. The molecule has 0 aliphatic carbocycles. The lowest BCUT2D eigenvalue weighted by Gasteiger charge is -2.28. The van der Waals surface area contributed by atoms with Crippen molar-refractivity contribution >= 4 is 40.9 Å². The van der Waals surface area contributed by atoms with Crippen LogP contribution in [-0.2, 0) is 0 Å². The third-order valence-corrected chi connectivity index (χ3v) is 5.50. The zero-order valence-corrected chi connectivity index (χ0v) is 18.4. The zero-order chi connectivity index (χ0) is 24.3. The largest absolute Gasteiger partial charge is 0.478 e. The summed E-state index contributed by atoms with van der Waals surface area (Å²) >= 11 is 12.1. The quantitative estimate of drug-likeness (QED) is 0.396. The second-order valence-electron chi connectivity index (χ2n) is 7.15. The van der Waals surface area contributed by atoms with Gasteiger partial charge in [-0.25, -0.2) is 14.8 Å². The van der Waals surface area contributed by atoms with Crippen molar-refractivity contribution < 1.29 is 27.9 Å². The molecule has 6 nitrogen and oxygen atoms in total. The van der Waals surface area contributed by atoms with E-state index in [1.165, 1.54) is 55.7 Å². The maximum absolute atomic E-state index is 13.9. The number of aromatic nitrogens is 2. The number of nitrogens with zero attached hydrogens (tertiary/aromatic N) is 2. The van der Waals surface area contributed by atoms with E-state index in [0.717, 1.165) is 6.07 Å². The van der Waals surface area contributed by atoms with E-state index < -0.39 is 29.9 Å². The maximum atomic E-state index is 13.9. The second-order valence-corrected chi connectivity index (χ2v) is 7.94. The first-order chi connectivity index (χ1) is 15.5. The molecule has 0 fully saturated rings. The number of carbonyl (C=O) groups is 2. The van der Waals surface area contributed by atoms with Crippen molar-refractivity contribution in [3.8, 4) is 0 Å². The van der Waals surface area contributed by atoms with E-state index in [1.807, 2.05) is 0 Å². The van der Waals surface area contributed by atoms with Crippen LogP contribution in [0.5, 0.6) is 0 Å². The smallest absolute Gasteiger partial charge is 0.396 e. The maximum Gasteiger partial charge on any atom is 0.396 e. The van der Waals surface area contributed by atoms with Crippen LogP contribution in [-0.4, -0.2) is 33.1 Å². The highest BCUT2D eigenvalue weighted by atomic mass is 35.5. The van der Waals surface area contributed by atoms with Gasteiger partial charge in [-0.2, -0.15) is 13.2 Å². The summed E-state index contributed by atoms with van der Waals surface area (Å²) in [6.45, 7) is 1.38. The van der Waals surface area contributed by atoms with E-state index in [9.17, 15) is 22.8 Å². The van der Waals surface area contributed by atoms with Crippen molar-refractivity contribution in [2.75, 3.05) is 5.32 Å². The van der Waals surface area contributed by atoms with Gasteiger partial charge in [0, 0.05) is 23.0 Å². The van der Waals surface area contributed by atoms with Crippen LogP contribution in [0.25, 0.3) is 0 Å². The Morgan fingerprint density at radius 3 is 2.30 bits per heavy atom. The fraction of sp³-hybridized carbons (Fsp3) is 0.182. The average molecular weight is 498 g/mol. The molecule has 0 aliphatic heterocycles. The van der Waals surface area contributed by atoms with Gasteiger partial charge in [-0.15, -0.1) is 0 Å². The van der Waals surface area contributed by atoms with Gasteiger partial charge in [0.1, 0.15) is 11.0 Å². The summed E-state index contributed by atoms with van der Waals surface area (Å²) in [6, 6.07) is 8.77. The Morgan fingerprint density at radius 1 is 1.00 bits per heavy atom. The third kappa shape index (κ3) is 5.80. The molecule has 2 unspecified atom stereocenters. The molecule has 0 saturated carbocycles. The molecule has 0 saturated heterocycles. The summed E-state index contributed by atoms with van der Waals surface area (Å²) in [6.07, 6.45) is -2.17. The van der Waals surface area contributed by atoms with Gasteiger partial charge >= 0.3 is 12.1 Å². The fourth-order valence-corrected chi connectivity index (χ4v) is 3.94. The van der Waals surface area contributed by atoms with Gasteiger partial charge < -0.3 is 10.4 Å². The molecule has 3 aromatic rings. The van der Waals surface area contributed by atoms with E-state index in [-0.39, 0.29) is 38.2 Å². The molecule has 3 rings (SSSR count). The number of halogens is 5. The third-order valence-electron chi connectivity index (χ3n) is 4.96. The van der Waals surface area contributed by atoms with E-state index in [4.69, 9.17) is 28.3 Å². The van der Waals surface area contributed by atoms with Crippen LogP contribution in [0.2, 0.25) is 10.2 Å². The zero-order valence-electron chi connectivity index (χ0n) is 16.9. The molecule has 172 valence electrons. The van der Waals surface area contributed by atoms with Crippen molar-refractivity contribution in [2.45, 2.75) is 24.9 Å². The molecule has 2 aromatic heterocycles. The SMILES string of the molecule is CC(c1ccc(C(=O)Nc2cc(C(=O)O)ccn2)cc1Cl)C(c1ccnc(Cl)c1)C(F)(F)F. The predicted molar refractivity (Wildman–Crippen MR) is 117 cm³/mol. The fourth-order valence-electron chi connectivity index (χ4n) is 3.41. The minimum Gasteiger partial charge on any atom is -0.478 e. The van der Waals surface area contributed by atoms with Crippen molar-refractivity contribution in [3.63, 3.8) is 0 Å². The molecular formula is C22H16Cl2F3N3O3. The summed E-state index contributed by atoms with van der Waals surface area (Å²) in [5.41, 5.74) is 0.123. The minimum absolute atomic E-state index is 0.000156. The minimum atomic E-state index is -4.59. The lowest BCUT2D eigenvalue weighted by Crippen LogP contribution is -2.26. The number of benzene rings is 1. The Labute approximate surface area is 196 Å². The number of carbonyl (C=O) groups excluding carboxylic acids is 1. The molecule has 2 heterocycles. The van der Waals surface area contributed by atoms with Gasteiger partial charge in [0.05, 0.1) is 11.5 Å². The number of rotatable bonds is 6. The summed E-state index contributed by atoms with van der Waals surface area (Å²) in [5, 5.41) is 11.4. The Hall–Kier alpha value is -3.17. The first-order valence-electron chi connectivity index (χ1n) is 9.45. The van der Waals surface area contributed by atoms with Crippen LogP contribution < -0.4 is 5.32 Å². The first-order valence-corrected chi connectivity index (χ1v) is 10.2. The number of nitrogens with one attached hydrogen (secondary N) is 1. The lowest BCUT2D eigenvalue weighted by molar-refractivity contribution is -0.154. The molecule has 0 radical (unpaired) electrons. The van der Waals surface area contributed by atoms with Crippen molar-refractivity contribution in [3.05, 3.63) is 87.3 Å². The highest BCUT2D eigenvalue weighted by Crippen LogP contribution is 2.46. The number of carboxylic acid groups (broad SMARTS) is 1. The number of hydrogen-bond donors (Lipinski definition) is 2. The van der Waals surface area contributed by atoms with Crippen LogP contribution in [0.15, 0.2) is 54.9 Å². The van der Waals surface area contributed by atoms with E-state index >= 15 is 0 Å². The number of hydrogen-bond acceptors (Lipinski definition) is 4. The highest BCUT2D eigenvalue weighted by molar-refractivity contribution is 6.32. The number of anilines is 1. The van der Waals surface area contributed by atoms with Gasteiger partial charge in [0.25, 0.3) is 5.91 Å². The van der Waals surface area contributed by atoms with Gasteiger partial charge in [-0.3, -0.25) is 4.79 Å². The van der Waals surface area contributed by atoms with Gasteiger partial charge in [0.2, 0.25) is 0 Å². The monoisotopic (exact) mass is 497 g/mol. The molecule has 2 N–H and O–H groups in total. The Morgan fingerprint density at radius 2 is 1.70 bits per heavy atom. The van der Waals surface area contributed by atoms with Crippen LogP contribution in [0, 0.1) is 0 Å². The average Bonchev–Trinajstić information content (AvgIpc) is 2.72. The summed E-state index contributed by atoms with van der Waals surface area (Å²) < 4.78 is 41.8. The normalized spacial score (nSPS) is 13.3. The number of amides is 1. The Bertz CT molecular complexity index is 1200. The number of carboxylic acids is 1. The van der Waals surface area contributed by atoms with Gasteiger partial charge in [-0.1, -0.05) is 36.2 Å². The molecule has 0 spiro atoms. The molecule has 33 heavy (non-hydrogen) atoms. The van der Waals surface area contributed by atoms with Crippen LogP contribution in [0.1, 0.15) is 50.6 Å². The standard InChI is InChI=1S/C22H16Cl2F3N3O3/c1-11(19(22(25,26)27)12-4-6-28-17(24)9-12)15-3-2-13(8-16(15)23)20(31)30-18-10-14(21(32)33)5-7-29-18/h2-11,19H,1H3,(H,32,33)(H,29,30,31). The first kappa shape index (κ1) is 24.5. The van der Waals surface area contributed by atoms with Crippen LogP contribution >= 0.6 is 23.2 Å². The molecule has 11 heteroatoms. The Kier molecular flexibility index (Phi) is 7.24. The predicted octanol–water partition coefficient (Wildman–Crippen LogP) is 6.18. The van der Waals surface area contributed by atoms with Crippen LogP contribution in [0.4, 0.5) is 19.0 Å². The summed E-state index contributed by atoms with van der Waals surface area (Å²) in [5.74, 6) is -4.84. The van der Waals surface area contributed by atoms with Crippen molar-refractivity contribution in [1.82, 2.24) is 9.97 Å². The second kappa shape index (κ2) is 9.76. The molecule has 0 aliphatic rings. The molecular weight excluding hydrogens is 482 g/mol. The number of aromatic carboxylic acids is 1. The number of pyridine rings is 2. The van der Waals surface area contributed by atoms with Gasteiger partial charge in [-0.05, 0) is 53.4 Å². The van der Waals surface area contributed by atoms with E-state index in [0.29, 0.717) is 0 Å². The summed E-state index contributed by atoms with van der Waals surface area (Å²) in [4.78, 5) is 31.2. The molecule has 1 amide bonds. The Balaban J connectivity index is 1.87. The van der Waals surface area contributed by atoms with Crippen LogP contribution in [0.3, 0.4) is 0 Å². The molecule has 2 atom stereocenters. The van der Waals surface area contributed by atoms with Gasteiger partial charge in [0.15, 0.2) is 0 Å². The highest BCUT2D eigenvalue weighted by Gasteiger charge is 2.45. The van der Waals surface area contributed by atoms with E-state index in [2.05, 4.69) is 15.3 Å². The number of alkyl halides is 3. The molecule has 0 bridgehead atoms. The molecule has 1 aromatic carbocycles. The van der Waals surface area contributed by atoms with Crippen molar-refractivity contribution in [2.24, 2.45) is 0 Å².